The molecule has 0 aliphatic rings. The van der Waals surface area contributed by atoms with Gasteiger partial charge in [0.25, 0.3) is 0 Å². The summed E-state index contributed by atoms with van der Waals surface area (Å²) in [5.74, 6) is 0.929. The highest BCUT2D eigenvalue weighted by Gasteiger charge is 2.20. The van der Waals surface area contributed by atoms with Gasteiger partial charge in [0, 0.05) is 22.9 Å². The quantitative estimate of drug-likeness (QED) is 0.935. The van der Waals surface area contributed by atoms with Crippen LogP contribution in [0.25, 0.3) is 11.3 Å². The van der Waals surface area contributed by atoms with Crippen molar-refractivity contribution in [2.24, 2.45) is 5.73 Å². The van der Waals surface area contributed by atoms with Crippen molar-refractivity contribution in [1.29, 1.82) is 0 Å². The third-order valence-corrected chi connectivity index (χ3v) is 4.12. The summed E-state index contributed by atoms with van der Waals surface area (Å²) in [6.07, 6.45) is 0.840. The zero-order valence-corrected chi connectivity index (χ0v) is 13.4. The fourth-order valence-corrected chi connectivity index (χ4v) is 2.96. The minimum Gasteiger partial charge on any atom is -0.496 e. The zero-order chi connectivity index (χ0) is 14.8. The molecule has 0 saturated heterocycles. The molecule has 0 spiro atoms. The van der Waals surface area contributed by atoms with E-state index in [2.05, 4.69) is 43.3 Å². The lowest BCUT2D eigenvalue weighted by atomic mass is 9.85. The minimum atomic E-state index is 0.0392. The second kappa shape index (κ2) is 5.94. The van der Waals surface area contributed by atoms with Crippen molar-refractivity contribution in [3.8, 4) is 17.0 Å². The molecule has 0 radical (unpaired) electrons. The van der Waals surface area contributed by atoms with Gasteiger partial charge in [0.1, 0.15) is 5.75 Å². The van der Waals surface area contributed by atoms with Gasteiger partial charge in [-0.15, -0.1) is 11.3 Å². The molecule has 2 N–H and O–H groups in total. The molecule has 0 amide bonds. The Morgan fingerprint density at radius 3 is 2.65 bits per heavy atom. The first-order valence-electron chi connectivity index (χ1n) is 6.79. The zero-order valence-electron chi connectivity index (χ0n) is 12.6. The van der Waals surface area contributed by atoms with Gasteiger partial charge in [0.05, 0.1) is 17.8 Å². The molecule has 1 aromatic carbocycles. The Bertz CT molecular complexity index is 584. The second-order valence-corrected chi connectivity index (χ2v) is 6.77. The average Bonchev–Trinajstić information content (AvgIpc) is 2.86. The van der Waals surface area contributed by atoms with Crippen LogP contribution in [0.15, 0.2) is 23.6 Å². The molecule has 2 aromatic rings. The van der Waals surface area contributed by atoms with Gasteiger partial charge in [0.2, 0.25) is 0 Å². The van der Waals surface area contributed by atoms with Crippen molar-refractivity contribution in [1.82, 2.24) is 4.98 Å². The topological polar surface area (TPSA) is 48.1 Å². The van der Waals surface area contributed by atoms with Crippen LogP contribution >= 0.6 is 11.3 Å². The average molecular weight is 290 g/mol. The van der Waals surface area contributed by atoms with Gasteiger partial charge in [-0.25, -0.2) is 4.98 Å². The van der Waals surface area contributed by atoms with Crippen LogP contribution in [0.2, 0.25) is 0 Å². The summed E-state index contributed by atoms with van der Waals surface area (Å²) in [6.45, 7) is 7.21. The van der Waals surface area contributed by atoms with Crippen molar-refractivity contribution < 1.29 is 4.74 Å². The van der Waals surface area contributed by atoms with Crippen LogP contribution in [-0.4, -0.2) is 18.6 Å². The molecular formula is C16H22N2OS. The fourth-order valence-electron chi connectivity index (χ4n) is 2.14. The van der Waals surface area contributed by atoms with Crippen molar-refractivity contribution in [2.75, 3.05) is 13.7 Å². The number of benzene rings is 1. The number of rotatable bonds is 4. The highest BCUT2D eigenvalue weighted by molar-refractivity contribution is 7.09. The van der Waals surface area contributed by atoms with Gasteiger partial charge in [-0.3, -0.25) is 0 Å². The Labute approximate surface area is 124 Å². The molecule has 1 aromatic heterocycles. The molecule has 0 atom stereocenters. The number of methoxy groups -OCH3 is 1. The van der Waals surface area contributed by atoms with Crippen molar-refractivity contribution in [3.63, 3.8) is 0 Å². The summed E-state index contributed by atoms with van der Waals surface area (Å²) < 4.78 is 5.47. The number of nitrogens with two attached hydrogens (primary N) is 1. The molecule has 3 nitrogen and oxygen atoms in total. The Morgan fingerprint density at radius 1 is 1.30 bits per heavy atom. The Hall–Kier alpha value is -1.39. The first kappa shape index (κ1) is 15.0. The first-order valence-corrected chi connectivity index (χ1v) is 7.67. The van der Waals surface area contributed by atoms with E-state index in [0.717, 1.165) is 28.4 Å². The molecule has 0 aliphatic heterocycles. The lowest BCUT2D eigenvalue weighted by Crippen LogP contribution is -2.12. The number of hydrogen-bond acceptors (Lipinski definition) is 4. The Morgan fingerprint density at radius 2 is 2.05 bits per heavy atom. The minimum absolute atomic E-state index is 0.0392. The van der Waals surface area contributed by atoms with Crippen molar-refractivity contribution in [2.45, 2.75) is 32.6 Å². The number of ether oxygens (including phenoxy) is 1. The van der Waals surface area contributed by atoms with Crippen LogP contribution in [0.1, 0.15) is 31.3 Å². The summed E-state index contributed by atoms with van der Waals surface area (Å²) in [5.41, 5.74) is 8.97. The van der Waals surface area contributed by atoms with E-state index >= 15 is 0 Å². The van der Waals surface area contributed by atoms with E-state index in [1.807, 2.05) is 6.07 Å². The predicted octanol–water partition coefficient (Wildman–Crippen LogP) is 3.62. The Balaban J connectivity index is 2.42. The van der Waals surface area contributed by atoms with E-state index in [-0.39, 0.29) is 5.41 Å². The van der Waals surface area contributed by atoms with Crippen molar-refractivity contribution >= 4 is 11.3 Å². The molecule has 0 bridgehead atoms. The monoisotopic (exact) mass is 290 g/mol. The molecule has 2 rings (SSSR count). The fraction of sp³-hybridized carbons (Fsp3) is 0.438. The number of nitrogens with zero attached hydrogens (tertiary/aromatic N) is 1. The summed E-state index contributed by atoms with van der Waals surface area (Å²) in [7, 11) is 1.71. The maximum absolute atomic E-state index is 5.58. The standard InChI is InChI=1S/C16H22N2OS/c1-16(2,3)12-9-11(5-6-14(12)19-4)13-10-20-15(18-13)7-8-17/h5-6,9-10H,7-8,17H2,1-4H3. The molecule has 108 valence electrons. The first-order chi connectivity index (χ1) is 9.45. The molecule has 1 heterocycles. The van der Waals surface area contributed by atoms with Gasteiger partial charge < -0.3 is 10.5 Å². The third kappa shape index (κ3) is 3.19. The van der Waals surface area contributed by atoms with Crippen LogP contribution in [0.5, 0.6) is 5.75 Å². The highest BCUT2D eigenvalue weighted by Crippen LogP contribution is 2.35. The van der Waals surface area contributed by atoms with E-state index in [0.29, 0.717) is 6.54 Å². The van der Waals surface area contributed by atoms with Crippen LogP contribution in [0.3, 0.4) is 0 Å². The van der Waals surface area contributed by atoms with E-state index < -0.39 is 0 Å². The van der Waals surface area contributed by atoms with Crippen LogP contribution in [0, 0.1) is 0 Å². The normalized spacial score (nSPS) is 11.7. The summed E-state index contributed by atoms with van der Waals surface area (Å²) in [6, 6.07) is 6.27. The summed E-state index contributed by atoms with van der Waals surface area (Å²) in [4.78, 5) is 4.65. The van der Waals surface area contributed by atoms with Crippen LogP contribution in [-0.2, 0) is 11.8 Å². The molecule has 0 unspecified atom stereocenters. The van der Waals surface area contributed by atoms with Gasteiger partial charge in [0.15, 0.2) is 0 Å². The maximum Gasteiger partial charge on any atom is 0.122 e. The lowest BCUT2D eigenvalue weighted by Gasteiger charge is -2.22. The van der Waals surface area contributed by atoms with Gasteiger partial charge in [-0.1, -0.05) is 20.8 Å². The van der Waals surface area contributed by atoms with Gasteiger partial charge >= 0.3 is 0 Å². The highest BCUT2D eigenvalue weighted by atomic mass is 32.1. The number of thiazole rings is 1. The lowest BCUT2D eigenvalue weighted by molar-refractivity contribution is 0.397. The summed E-state index contributed by atoms with van der Waals surface area (Å²) >= 11 is 1.67. The summed E-state index contributed by atoms with van der Waals surface area (Å²) in [5, 5.41) is 3.19. The van der Waals surface area contributed by atoms with Crippen molar-refractivity contribution in [3.05, 3.63) is 34.2 Å². The smallest absolute Gasteiger partial charge is 0.122 e. The van der Waals surface area contributed by atoms with Crippen LogP contribution < -0.4 is 10.5 Å². The molecule has 0 aliphatic carbocycles. The van der Waals surface area contributed by atoms with E-state index in [4.69, 9.17) is 10.5 Å². The molecule has 4 heteroatoms. The molecule has 0 saturated carbocycles. The second-order valence-electron chi connectivity index (χ2n) is 5.83. The van der Waals surface area contributed by atoms with E-state index in [1.54, 1.807) is 18.4 Å². The van der Waals surface area contributed by atoms with E-state index in [9.17, 15) is 0 Å². The number of hydrogen-bond donors (Lipinski definition) is 1. The SMILES string of the molecule is COc1ccc(-c2csc(CCN)n2)cc1C(C)(C)C. The molecule has 20 heavy (non-hydrogen) atoms. The Kier molecular flexibility index (Phi) is 4.45. The largest absolute Gasteiger partial charge is 0.496 e. The van der Waals surface area contributed by atoms with Gasteiger partial charge in [-0.05, 0) is 30.2 Å². The molecule has 0 fully saturated rings. The predicted molar refractivity (Wildman–Crippen MR) is 85.6 cm³/mol. The maximum atomic E-state index is 5.58. The van der Waals surface area contributed by atoms with E-state index in [1.165, 1.54) is 5.56 Å². The molecular weight excluding hydrogens is 268 g/mol. The van der Waals surface area contributed by atoms with Crippen LogP contribution in [0.4, 0.5) is 0 Å². The van der Waals surface area contributed by atoms with Gasteiger partial charge in [-0.2, -0.15) is 0 Å². The third-order valence-electron chi connectivity index (χ3n) is 3.21. The number of aromatic nitrogens is 1.